The minimum absolute atomic E-state index is 0.131. The Morgan fingerprint density at radius 1 is 0.861 bits per heavy atom. The highest BCUT2D eigenvalue weighted by atomic mass is 35.5. The first kappa shape index (κ1) is 25.0. The van der Waals surface area contributed by atoms with E-state index in [1.807, 2.05) is 0 Å². The summed E-state index contributed by atoms with van der Waals surface area (Å²) < 4.78 is 4.94. The van der Waals surface area contributed by atoms with Gasteiger partial charge in [-0.3, -0.25) is 14.4 Å². The average Bonchev–Trinajstić information content (AvgIpc) is 3.08. The Balaban J connectivity index is 1.49. The SMILES string of the molecule is CCOC(=O)c1ccc(NC(=O)c2cccc(NC3=C(Cl)C(=O)N(c4ccccc4Cl)C3=O)c2)cc1. The van der Waals surface area contributed by atoms with E-state index in [-0.39, 0.29) is 33.6 Å². The number of amides is 3. The van der Waals surface area contributed by atoms with E-state index in [0.29, 0.717) is 16.9 Å². The van der Waals surface area contributed by atoms with E-state index in [2.05, 4.69) is 10.6 Å². The second kappa shape index (κ2) is 10.6. The first-order valence-electron chi connectivity index (χ1n) is 10.8. The number of esters is 1. The molecule has 0 aliphatic carbocycles. The van der Waals surface area contributed by atoms with Gasteiger partial charge in [-0.25, -0.2) is 9.69 Å². The van der Waals surface area contributed by atoms with E-state index < -0.39 is 23.7 Å². The first-order chi connectivity index (χ1) is 17.3. The summed E-state index contributed by atoms with van der Waals surface area (Å²) in [4.78, 5) is 51.1. The zero-order valence-electron chi connectivity index (χ0n) is 18.9. The maximum atomic E-state index is 13.0. The lowest BCUT2D eigenvalue weighted by Gasteiger charge is -2.16. The molecule has 0 aromatic heterocycles. The van der Waals surface area contributed by atoms with Gasteiger partial charge in [-0.15, -0.1) is 0 Å². The van der Waals surface area contributed by atoms with Gasteiger partial charge in [0.1, 0.15) is 10.7 Å². The highest BCUT2D eigenvalue weighted by Gasteiger charge is 2.39. The van der Waals surface area contributed by atoms with Gasteiger partial charge in [0.15, 0.2) is 0 Å². The topological polar surface area (TPSA) is 105 Å². The fraction of sp³-hybridized carbons (Fsp3) is 0.0769. The van der Waals surface area contributed by atoms with Crippen LogP contribution in [-0.4, -0.2) is 30.3 Å². The van der Waals surface area contributed by atoms with Crippen LogP contribution < -0.4 is 15.5 Å². The number of nitrogens with one attached hydrogen (secondary N) is 2. The molecule has 0 saturated heterocycles. The van der Waals surface area contributed by atoms with E-state index in [4.69, 9.17) is 27.9 Å². The van der Waals surface area contributed by atoms with Crippen molar-refractivity contribution >= 4 is 64.0 Å². The van der Waals surface area contributed by atoms with Crippen LogP contribution in [0.2, 0.25) is 5.02 Å². The van der Waals surface area contributed by atoms with Gasteiger partial charge >= 0.3 is 5.97 Å². The Labute approximate surface area is 216 Å². The fourth-order valence-electron chi connectivity index (χ4n) is 3.45. The molecule has 8 nitrogen and oxygen atoms in total. The van der Waals surface area contributed by atoms with Crippen LogP contribution in [-0.2, 0) is 14.3 Å². The van der Waals surface area contributed by atoms with Crippen LogP contribution in [0, 0.1) is 0 Å². The molecule has 182 valence electrons. The molecule has 0 radical (unpaired) electrons. The van der Waals surface area contributed by atoms with E-state index in [0.717, 1.165) is 4.90 Å². The Kier molecular flexibility index (Phi) is 7.38. The molecule has 0 bridgehead atoms. The molecule has 36 heavy (non-hydrogen) atoms. The van der Waals surface area contributed by atoms with Gasteiger partial charge < -0.3 is 15.4 Å². The third-order valence-electron chi connectivity index (χ3n) is 5.17. The number of imide groups is 1. The minimum Gasteiger partial charge on any atom is -0.462 e. The molecule has 3 aromatic rings. The largest absolute Gasteiger partial charge is 0.462 e. The summed E-state index contributed by atoms with van der Waals surface area (Å²) in [6.07, 6.45) is 0. The number of carbonyl (C=O) groups is 4. The summed E-state index contributed by atoms with van der Waals surface area (Å²) in [5, 5.41) is 5.50. The van der Waals surface area contributed by atoms with Crippen molar-refractivity contribution in [2.24, 2.45) is 0 Å². The number of carbonyl (C=O) groups excluding carboxylic acids is 4. The minimum atomic E-state index is -0.711. The second-order valence-electron chi connectivity index (χ2n) is 7.54. The number of anilines is 3. The molecule has 2 N–H and O–H groups in total. The molecule has 0 unspecified atom stereocenters. The quantitative estimate of drug-likeness (QED) is 0.325. The van der Waals surface area contributed by atoms with E-state index >= 15 is 0 Å². The molecule has 3 aromatic carbocycles. The molecule has 1 aliphatic heterocycles. The predicted molar refractivity (Wildman–Crippen MR) is 137 cm³/mol. The lowest BCUT2D eigenvalue weighted by atomic mass is 10.1. The van der Waals surface area contributed by atoms with Gasteiger partial charge in [-0.2, -0.15) is 0 Å². The van der Waals surface area contributed by atoms with Crippen LogP contribution in [0.25, 0.3) is 0 Å². The number of rotatable bonds is 7. The molecule has 1 aliphatic rings. The van der Waals surface area contributed by atoms with Gasteiger partial charge in [0.25, 0.3) is 17.7 Å². The Bertz CT molecular complexity index is 1400. The van der Waals surface area contributed by atoms with Crippen molar-refractivity contribution in [2.75, 3.05) is 22.1 Å². The molecular formula is C26H19Cl2N3O5. The van der Waals surface area contributed by atoms with Crippen molar-refractivity contribution in [2.45, 2.75) is 6.92 Å². The molecule has 0 fully saturated rings. The molecule has 4 rings (SSSR count). The average molecular weight is 524 g/mol. The number of ether oxygens (including phenoxy) is 1. The van der Waals surface area contributed by atoms with Crippen molar-refractivity contribution in [3.05, 3.63) is 99.7 Å². The number of para-hydroxylation sites is 1. The van der Waals surface area contributed by atoms with Gasteiger partial charge in [-0.05, 0) is 61.5 Å². The number of halogens is 2. The van der Waals surface area contributed by atoms with Gasteiger partial charge in [0, 0.05) is 16.9 Å². The predicted octanol–water partition coefficient (Wildman–Crippen LogP) is 5.20. The first-order valence-corrected chi connectivity index (χ1v) is 11.5. The summed E-state index contributed by atoms with van der Waals surface area (Å²) in [6.45, 7) is 1.98. The van der Waals surface area contributed by atoms with Crippen molar-refractivity contribution < 1.29 is 23.9 Å². The third kappa shape index (κ3) is 5.10. The van der Waals surface area contributed by atoms with Crippen LogP contribution in [0.1, 0.15) is 27.6 Å². The third-order valence-corrected chi connectivity index (χ3v) is 5.84. The zero-order chi connectivity index (χ0) is 25.8. The molecule has 3 amide bonds. The lowest BCUT2D eigenvalue weighted by Crippen LogP contribution is -2.32. The number of benzene rings is 3. The molecule has 0 saturated carbocycles. The van der Waals surface area contributed by atoms with Crippen molar-refractivity contribution in [3.8, 4) is 0 Å². The summed E-state index contributed by atoms with van der Waals surface area (Å²) in [5.41, 5.74) is 1.58. The van der Waals surface area contributed by atoms with Crippen LogP contribution in [0.5, 0.6) is 0 Å². The van der Waals surface area contributed by atoms with Crippen LogP contribution in [0.3, 0.4) is 0 Å². The number of hydrogen-bond acceptors (Lipinski definition) is 6. The van der Waals surface area contributed by atoms with Crippen LogP contribution >= 0.6 is 23.2 Å². The van der Waals surface area contributed by atoms with Crippen LogP contribution in [0.4, 0.5) is 17.1 Å². The van der Waals surface area contributed by atoms with Gasteiger partial charge in [-0.1, -0.05) is 41.4 Å². The standard InChI is InChI=1S/C26H19Cl2N3O5/c1-2-36-26(35)15-10-12-17(13-11-15)30-23(32)16-6-5-7-18(14-16)29-22-21(28)24(33)31(25(22)34)20-9-4-3-8-19(20)27/h3-14,29H,2H2,1H3,(H,30,32). The maximum Gasteiger partial charge on any atom is 0.338 e. The summed E-state index contributed by atoms with van der Waals surface area (Å²) in [6, 6.07) is 19.0. The smallest absolute Gasteiger partial charge is 0.338 e. The summed E-state index contributed by atoms with van der Waals surface area (Å²) in [7, 11) is 0. The lowest BCUT2D eigenvalue weighted by molar-refractivity contribution is -0.120. The molecular weight excluding hydrogens is 505 g/mol. The number of hydrogen-bond donors (Lipinski definition) is 2. The van der Waals surface area contributed by atoms with E-state index in [1.54, 1.807) is 67.6 Å². The van der Waals surface area contributed by atoms with Crippen molar-refractivity contribution in [1.29, 1.82) is 0 Å². The maximum absolute atomic E-state index is 13.0. The Morgan fingerprint density at radius 3 is 2.28 bits per heavy atom. The van der Waals surface area contributed by atoms with Crippen molar-refractivity contribution in [3.63, 3.8) is 0 Å². The van der Waals surface area contributed by atoms with Gasteiger partial charge in [0.05, 0.1) is 22.9 Å². The fourth-order valence-corrected chi connectivity index (χ4v) is 3.89. The summed E-state index contributed by atoms with van der Waals surface area (Å²) >= 11 is 12.3. The molecule has 0 spiro atoms. The normalized spacial score (nSPS) is 13.1. The molecule has 1 heterocycles. The zero-order valence-corrected chi connectivity index (χ0v) is 20.4. The van der Waals surface area contributed by atoms with Gasteiger partial charge in [0.2, 0.25) is 0 Å². The molecule has 0 atom stereocenters. The monoisotopic (exact) mass is 523 g/mol. The number of nitrogens with zero attached hydrogens (tertiary/aromatic N) is 1. The highest BCUT2D eigenvalue weighted by molar-refractivity contribution is 6.53. The molecule has 10 heteroatoms. The highest BCUT2D eigenvalue weighted by Crippen LogP contribution is 2.34. The van der Waals surface area contributed by atoms with E-state index in [1.165, 1.54) is 12.1 Å². The Morgan fingerprint density at radius 2 is 1.58 bits per heavy atom. The second-order valence-corrected chi connectivity index (χ2v) is 8.33. The van der Waals surface area contributed by atoms with Crippen LogP contribution in [0.15, 0.2) is 83.5 Å². The van der Waals surface area contributed by atoms with E-state index in [9.17, 15) is 19.2 Å². The Hall–Kier alpha value is -4.14. The van der Waals surface area contributed by atoms with Crippen molar-refractivity contribution in [1.82, 2.24) is 0 Å². The summed E-state index contributed by atoms with van der Waals surface area (Å²) in [5.74, 6) is -2.25.